The molecule has 0 saturated carbocycles. The van der Waals surface area contributed by atoms with Gasteiger partial charge in [0, 0.05) is 44.4 Å². The Bertz CT molecular complexity index is 1250. The number of sulfonamides is 1. The van der Waals surface area contributed by atoms with E-state index in [1.54, 1.807) is 38.1 Å². The summed E-state index contributed by atoms with van der Waals surface area (Å²) in [5.74, 6) is -2.75. The maximum Gasteiger partial charge on any atom is 0.239 e. The predicted octanol–water partition coefficient (Wildman–Crippen LogP) is 3.32. The number of carboxylic acids is 1. The molecule has 2 heterocycles. The predicted molar refractivity (Wildman–Crippen MR) is 138 cm³/mol. The van der Waals surface area contributed by atoms with Crippen molar-refractivity contribution in [1.82, 2.24) is 9.97 Å². The van der Waals surface area contributed by atoms with E-state index >= 15 is 0 Å². The molecule has 0 amide bonds. The number of aliphatic carboxylic acids is 1. The first kappa shape index (κ1) is 30.2. The Labute approximate surface area is 218 Å². The highest BCUT2D eigenvalue weighted by Gasteiger charge is 2.34. The van der Waals surface area contributed by atoms with Gasteiger partial charge in [-0.2, -0.15) is 0 Å². The fraction of sp³-hybridized carbons (Fsp3) is 0.462. The van der Waals surface area contributed by atoms with Gasteiger partial charge in [-0.05, 0) is 44.0 Å². The minimum atomic E-state index is -3.63. The topological polar surface area (TPSA) is 122 Å². The molecule has 0 radical (unpaired) electrons. The lowest BCUT2D eigenvalue weighted by atomic mass is 9.97. The number of rotatable bonds is 8. The monoisotopic (exact) mass is 535 g/mol. The van der Waals surface area contributed by atoms with Crippen LogP contribution in [0.25, 0.3) is 17.3 Å². The van der Waals surface area contributed by atoms with Gasteiger partial charge in [-0.1, -0.05) is 26.0 Å². The summed E-state index contributed by atoms with van der Waals surface area (Å²) in [5, 5.41) is 11.1. The first-order chi connectivity index (χ1) is 16.7. The Kier molecular flexibility index (Phi) is 9.45. The summed E-state index contributed by atoms with van der Waals surface area (Å²) >= 11 is 0. The summed E-state index contributed by atoms with van der Waals surface area (Å²) in [7, 11) is -2.26. The number of ether oxygens (including phenoxy) is 2. The van der Waals surface area contributed by atoms with Gasteiger partial charge in [0.2, 0.25) is 16.0 Å². The lowest BCUT2D eigenvalue weighted by molar-refractivity contribution is -0.320. The van der Waals surface area contributed by atoms with E-state index in [2.05, 4.69) is 9.97 Å². The van der Waals surface area contributed by atoms with Crippen molar-refractivity contribution in [3.63, 3.8) is 0 Å². The highest BCUT2D eigenvalue weighted by molar-refractivity contribution is 7.92. The number of benzene rings is 1. The van der Waals surface area contributed by atoms with E-state index in [1.807, 2.05) is 13.8 Å². The zero-order valence-electron chi connectivity index (χ0n) is 22.2. The van der Waals surface area contributed by atoms with Crippen molar-refractivity contribution in [3.05, 3.63) is 54.8 Å². The average Bonchev–Trinajstić information content (AvgIpc) is 2.75. The van der Waals surface area contributed by atoms with Gasteiger partial charge >= 0.3 is 0 Å². The second kappa shape index (κ2) is 11.6. The molecule has 9 nitrogen and oxygen atoms in total. The molecule has 11 heteroatoms. The summed E-state index contributed by atoms with van der Waals surface area (Å²) in [4.78, 5) is 20.2. The van der Waals surface area contributed by atoms with Crippen LogP contribution < -0.4 is 9.41 Å². The van der Waals surface area contributed by atoms with E-state index in [0.29, 0.717) is 28.9 Å². The van der Waals surface area contributed by atoms with Gasteiger partial charge in [-0.25, -0.2) is 27.1 Å². The molecule has 1 aliphatic rings. The van der Waals surface area contributed by atoms with Gasteiger partial charge in [0.1, 0.15) is 5.82 Å². The third-order valence-corrected chi connectivity index (χ3v) is 6.82. The highest BCUT2D eigenvalue weighted by atomic mass is 32.2. The van der Waals surface area contributed by atoms with Crippen LogP contribution in [-0.4, -0.2) is 55.7 Å². The van der Waals surface area contributed by atoms with E-state index in [-0.39, 0.29) is 25.7 Å². The summed E-state index contributed by atoms with van der Waals surface area (Å²) in [6.45, 7) is 7.25. The zero-order valence-corrected chi connectivity index (χ0v) is 23.0. The van der Waals surface area contributed by atoms with Crippen LogP contribution in [0.15, 0.2) is 30.3 Å². The van der Waals surface area contributed by atoms with Crippen LogP contribution in [0.2, 0.25) is 0 Å². The first-order valence-corrected chi connectivity index (χ1v) is 13.4. The molecule has 1 aromatic heterocycles. The molecule has 0 aliphatic carbocycles. The summed E-state index contributed by atoms with van der Waals surface area (Å²) in [6, 6.07) is 5.73. The van der Waals surface area contributed by atoms with E-state index in [1.165, 1.54) is 19.2 Å². The number of hydrogen-bond acceptors (Lipinski definition) is 8. The van der Waals surface area contributed by atoms with Crippen LogP contribution in [0.3, 0.4) is 0 Å². The van der Waals surface area contributed by atoms with Crippen LogP contribution in [0.5, 0.6) is 0 Å². The Morgan fingerprint density at radius 3 is 2.41 bits per heavy atom. The van der Waals surface area contributed by atoms with Crippen molar-refractivity contribution in [2.24, 2.45) is 0 Å². The molecular formula is C26H34FN3O6S. The van der Waals surface area contributed by atoms with Crippen LogP contribution in [0.4, 0.5) is 10.3 Å². The molecule has 3 rings (SSSR count). The van der Waals surface area contributed by atoms with Crippen LogP contribution >= 0.6 is 0 Å². The third-order valence-electron chi connectivity index (χ3n) is 5.66. The van der Waals surface area contributed by atoms with Crippen molar-refractivity contribution < 1.29 is 32.2 Å². The minimum Gasteiger partial charge on any atom is -0.550 e. The van der Waals surface area contributed by atoms with Crippen molar-refractivity contribution in [2.45, 2.75) is 64.4 Å². The van der Waals surface area contributed by atoms with Crippen LogP contribution in [0, 0.1) is 13.2 Å². The number of hydrogen-bond donors (Lipinski definition) is 0. The summed E-state index contributed by atoms with van der Waals surface area (Å²) in [6.07, 6.45) is 3.60. The summed E-state index contributed by atoms with van der Waals surface area (Å²) in [5.41, 5.74) is 2.20. The number of carbonyl (C=O) groups is 1. The van der Waals surface area contributed by atoms with E-state index in [4.69, 9.17) is 9.47 Å². The molecule has 2 aromatic rings. The highest BCUT2D eigenvalue weighted by Crippen LogP contribution is 2.33. The van der Waals surface area contributed by atoms with Gasteiger partial charge in [0.05, 0.1) is 29.9 Å². The van der Waals surface area contributed by atoms with Crippen molar-refractivity contribution in [2.75, 3.05) is 17.6 Å². The molecule has 202 valence electrons. The average molecular weight is 536 g/mol. The quantitative estimate of drug-likeness (QED) is 0.472. The van der Waals surface area contributed by atoms with Crippen molar-refractivity contribution >= 4 is 28.0 Å². The molecule has 0 spiro atoms. The standard InChI is InChI=1S/C25H32FN3O6S.CH3/c1-15(2)22-20(12-11-18-13-19(14-21(30)31)35-25(3,4)34-18)23(16-7-9-17(26)10-8-16)28-24(27-22)29(5)36(6,32)33;/h7-12,15,18-19H,13-14H2,1-6H3,(H,30,31);1H3/q;+1/p-1/b12-11+;/t18-,19-;/m1./s1. The van der Waals surface area contributed by atoms with Gasteiger partial charge < -0.3 is 19.4 Å². The van der Waals surface area contributed by atoms with Crippen molar-refractivity contribution in [1.29, 1.82) is 0 Å². The molecule has 0 unspecified atom stereocenters. The van der Waals surface area contributed by atoms with Gasteiger partial charge in [0.15, 0.2) is 5.79 Å². The van der Waals surface area contributed by atoms with Gasteiger partial charge in [0.25, 0.3) is 0 Å². The molecule has 0 N–H and O–H groups in total. The molecule has 1 fully saturated rings. The maximum absolute atomic E-state index is 13.7. The SMILES string of the molecule is CC(C)c1nc(N(C)S(C)(=O)=O)nc(-c2ccc(F)cc2)c1/C=C/[C@@H]1C[C@H](CC(=O)[O-])OC(C)(C)O1.[CH3+]. The molecule has 1 aromatic carbocycles. The molecule has 37 heavy (non-hydrogen) atoms. The maximum atomic E-state index is 13.7. The normalized spacial score (nSPS) is 19.6. The molecule has 1 saturated heterocycles. The molecule has 1 aliphatic heterocycles. The Morgan fingerprint density at radius 2 is 1.86 bits per heavy atom. The van der Waals surface area contributed by atoms with E-state index in [9.17, 15) is 22.7 Å². The Hall–Kier alpha value is -3.02. The number of nitrogens with zero attached hydrogens (tertiary/aromatic N) is 3. The second-order valence-electron chi connectivity index (χ2n) is 9.53. The van der Waals surface area contributed by atoms with Crippen LogP contribution in [0.1, 0.15) is 57.7 Å². The molecular weight excluding hydrogens is 501 g/mol. The summed E-state index contributed by atoms with van der Waals surface area (Å²) < 4.78 is 50.7. The number of halogens is 1. The molecule has 2 atom stereocenters. The lowest BCUT2D eigenvalue weighted by Gasteiger charge is -2.40. The smallest absolute Gasteiger partial charge is 0.239 e. The third kappa shape index (κ3) is 7.73. The molecule has 0 bridgehead atoms. The second-order valence-corrected chi connectivity index (χ2v) is 11.5. The minimum absolute atomic E-state index is 0. The van der Waals surface area contributed by atoms with Gasteiger partial charge in [-0.3, -0.25) is 0 Å². The number of aromatic nitrogens is 2. The fourth-order valence-electron chi connectivity index (χ4n) is 3.98. The zero-order chi connectivity index (χ0) is 26.8. The van der Waals surface area contributed by atoms with Crippen LogP contribution in [-0.2, 0) is 24.3 Å². The Balaban J connectivity index is 0.00000481. The first-order valence-electron chi connectivity index (χ1n) is 11.5. The lowest BCUT2D eigenvalue weighted by Crippen LogP contribution is -2.45. The van der Waals surface area contributed by atoms with E-state index in [0.717, 1.165) is 10.6 Å². The largest absolute Gasteiger partial charge is 0.550 e. The fourth-order valence-corrected chi connectivity index (χ4v) is 4.36. The van der Waals surface area contributed by atoms with Gasteiger partial charge in [-0.15, -0.1) is 0 Å². The number of carbonyl (C=O) groups excluding carboxylic acids is 1. The number of carboxylic acid groups (broad SMARTS) is 1. The number of anilines is 1. The van der Waals surface area contributed by atoms with E-state index < -0.39 is 39.8 Å². The van der Waals surface area contributed by atoms with Crippen molar-refractivity contribution in [3.8, 4) is 11.3 Å². The Morgan fingerprint density at radius 1 is 1.24 bits per heavy atom.